The number of fused-ring (bicyclic) bond motifs is 1. The van der Waals surface area contributed by atoms with E-state index in [2.05, 4.69) is 18.4 Å². The topological polar surface area (TPSA) is 0 Å². The van der Waals surface area contributed by atoms with Gasteiger partial charge in [-0.05, 0) is 43.7 Å². The van der Waals surface area contributed by atoms with Crippen molar-refractivity contribution in [2.45, 2.75) is 31.9 Å². The summed E-state index contributed by atoms with van der Waals surface area (Å²) in [4.78, 5) is 0. The van der Waals surface area contributed by atoms with E-state index in [1.165, 1.54) is 12.1 Å². The van der Waals surface area contributed by atoms with Crippen LogP contribution in [0.1, 0.15) is 36.8 Å². The van der Waals surface area contributed by atoms with Crippen molar-refractivity contribution in [3.8, 4) is 11.8 Å². The van der Waals surface area contributed by atoms with Crippen molar-refractivity contribution in [1.29, 1.82) is 0 Å². The van der Waals surface area contributed by atoms with Gasteiger partial charge in [-0.15, -0.1) is 6.58 Å². The summed E-state index contributed by atoms with van der Waals surface area (Å²) in [7, 11) is 0. The van der Waals surface area contributed by atoms with Gasteiger partial charge in [-0.1, -0.05) is 36.1 Å². The molecule has 1 saturated carbocycles. The van der Waals surface area contributed by atoms with E-state index in [0.29, 0.717) is 16.9 Å². The van der Waals surface area contributed by atoms with Crippen molar-refractivity contribution in [2.75, 3.05) is 0 Å². The fourth-order valence-electron chi connectivity index (χ4n) is 3.33. The molecule has 130 valence electrons. The van der Waals surface area contributed by atoms with Crippen molar-refractivity contribution >= 4 is 10.8 Å². The maximum absolute atomic E-state index is 14.2. The van der Waals surface area contributed by atoms with Crippen LogP contribution in [0, 0.1) is 29.5 Å². The molecule has 0 amide bonds. The second kappa shape index (κ2) is 6.92. The third kappa shape index (κ3) is 3.71. The quantitative estimate of drug-likeness (QED) is 0.321. The summed E-state index contributed by atoms with van der Waals surface area (Å²) in [5.41, 5.74) is -0.677. The summed E-state index contributed by atoms with van der Waals surface area (Å²) >= 11 is 0. The van der Waals surface area contributed by atoms with E-state index in [9.17, 15) is 17.6 Å². The van der Waals surface area contributed by atoms with E-state index in [4.69, 9.17) is 0 Å². The average molecular weight is 346 g/mol. The Kier molecular flexibility index (Phi) is 4.85. The van der Waals surface area contributed by atoms with Gasteiger partial charge in [-0.2, -0.15) is 13.2 Å². The first-order chi connectivity index (χ1) is 11.9. The van der Waals surface area contributed by atoms with Crippen molar-refractivity contribution in [3.63, 3.8) is 0 Å². The third-order valence-corrected chi connectivity index (χ3v) is 4.82. The van der Waals surface area contributed by atoms with Crippen LogP contribution < -0.4 is 0 Å². The highest BCUT2D eigenvalue weighted by atomic mass is 19.4. The van der Waals surface area contributed by atoms with Crippen LogP contribution in [-0.4, -0.2) is 0 Å². The third-order valence-electron chi connectivity index (χ3n) is 4.82. The molecule has 1 aliphatic carbocycles. The van der Waals surface area contributed by atoms with E-state index < -0.39 is 17.6 Å². The highest BCUT2D eigenvalue weighted by Crippen LogP contribution is 2.35. The van der Waals surface area contributed by atoms with Gasteiger partial charge in [-0.25, -0.2) is 4.39 Å². The minimum absolute atomic E-state index is 0.0445. The molecule has 2 aromatic rings. The number of rotatable bonds is 1. The summed E-state index contributed by atoms with van der Waals surface area (Å²) in [5, 5.41) is 0.372. The summed E-state index contributed by atoms with van der Waals surface area (Å²) in [6, 6.07) is 6.72. The van der Waals surface area contributed by atoms with Gasteiger partial charge in [0.15, 0.2) is 0 Å². The molecule has 1 fully saturated rings. The summed E-state index contributed by atoms with van der Waals surface area (Å²) < 4.78 is 52.8. The lowest BCUT2D eigenvalue weighted by Crippen LogP contribution is -2.11. The molecule has 0 bridgehead atoms. The fourth-order valence-corrected chi connectivity index (χ4v) is 3.33. The molecular weight excluding hydrogens is 328 g/mol. The molecule has 0 aromatic heterocycles. The molecule has 3 rings (SSSR count). The zero-order chi connectivity index (χ0) is 18.0. The molecule has 0 heterocycles. The van der Waals surface area contributed by atoms with Crippen LogP contribution in [0.2, 0.25) is 0 Å². The van der Waals surface area contributed by atoms with E-state index in [0.717, 1.165) is 31.7 Å². The predicted molar refractivity (Wildman–Crippen MR) is 91.4 cm³/mol. The van der Waals surface area contributed by atoms with E-state index in [-0.39, 0.29) is 11.3 Å². The molecule has 0 saturated heterocycles. The first-order valence-electron chi connectivity index (χ1n) is 8.32. The average Bonchev–Trinajstić information content (AvgIpc) is 2.59. The van der Waals surface area contributed by atoms with Crippen LogP contribution in [0.4, 0.5) is 17.6 Å². The molecule has 0 N–H and O–H groups in total. The van der Waals surface area contributed by atoms with Crippen LogP contribution >= 0.6 is 0 Å². The first kappa shape index (κ1) is 17.5. The van der Waals surface area contributed by atoms with Gasteiger partial charge in [0.25, 0.3) is 0 Å². The number of hydrogen-bond donors (Lipinski definition) is 0. The first-order valence-corrected chi connectivity index (χ1v) is 8.32. The van der Waals surface area contributed by atoms with Gasteiger partial charge in [0.1, 0.15) is 5.82 Å². The van der Waals surface area contributed by atoms with Gasteiger partial charge in [-0.3, -0.25) is 0 Å². The van der Waals surface area contributed by atoms with Gasteiger partial charge >= 0.3 is 6.18 Å². The minimum atomic E-state index is -4.70. The van der Waals surface area contributed by atoms with Gasteiger partial charge in [0.05, 0.1) is 5.56 Å². The molecule has 0 radical (unpaired) electrons. The Bertz CT molecular complexity index is 844. The van der Waals surface area contributed by atoms with E-state index in [1.807, 2.05) is 6.08 Å². The minimum Gasteiger partial charge on any atom is -0.206 e. The number of allylic oxidation sites excluding steroid dienone is 1. The SMILES string of the molecule is C=CC1CCC(C#Cc2cccc3c(F)c(C(F)(F)F)ccc23)CC1. The fraction of sp³-hybridized carbons (Fsp3) is 0.333. The molecule has 25 heavy (non-hydrogen) atoms. The van der Waals surface area contributed by atoms with Crippen LogP contribution in [-0.2, 0) is 6.18 Å². The zero-order valence-electron chi connectivity index (χ0n) is 13.7. The van der Waals surface area contributed by atoms with Crippen molar-refractivity contribution < 1.29 is 17.6 Å². The molecule has 0 spiro atoms. The van der Waals surface area contributed by atoms with E-state index in [1.54, 1.807) is 12.1 Å². The molecule has 4 heteroatoms. The van der Waals surface area contributed by atoms with Crippen LogP contribution in [0.25, 0.3) is 10.8 Å². The zero-order valence-corrected chi connectivity index (χ0v) is 13.7. The normalized spacial score (nSPS) is 20.8. The highest BCUT2D eigenvalue weighted by Gasteiger charge is 2.34. The van der Waals surface area contributed by atoms with Crippen molar-refractivity contribution in [1.82, 2.24) is 0 Å². The standard InChI is InChI=1S/C21H18F4/c1-2-14-6-8-15(9-7-14)10-11-16-4-3-5-18-17(16)12-13-19(20(18)22)21(23,24)25/h2-5,12-15H,1,6-9H2. The molecule has 1 aliphatic rings. The smallest absolute Gasteiger partial charge is 0.206 e. The molecule has 2 aromatic carbocycles. The van der Waals surface area contributed by atoms with Gasteiger partial charge < -0.3 is 0 Å². The van der Waals surface area contributed by atoms with Gasteiger partial charge in [0.2, 0.25) is 0 Å². The Labute approximate surface area is 144 Å². The van der Waals surface area contributed by atoms with Crippen molar-refractivity contribution in [3.05, 3.63) is 59.9 Å². The van der Waals surface area contributed by atoms with Crippen LogP contribution in [0.5, 0.6) is 0 Å². The van der Waals surface area contributed by atoms with Crippen molar-refractivity contribution in [2.24, 2.45) is 11.8 Å². The number of hydrogen-bond acceptors (Lipinski definition) is 0. The molecule has 0 unspecified atom stereocenters. The second-order valence-electron chi connectivity index (χ2n) is 6.44. The maximum atomic E-state index is 14.2. The lowest BCUT2D eigenvalue weighted by molar-refractivity contribution is -0.139. The Morgan fingerprint density at radius 2 is 1.72 bits per heavy atom. The maximum Gasteiger partial charge on any atom is 0.419 e. The monoisotopic (exact) mass is 346 g/mol. The Balaban J connectivity index is 1.93. The predicted octanol–water partition coefficient (Wildman–Crippen LogP) is 6.34. The molecule has 0 nitrogen and oxygen atoms in total. The lowest BCUT2D eigenvalue weighted by Gasteiger charge is -2.22. The van der Waals surface area contributed by atoms with Crippen LogP contribution in [0.15, 0.2) is 43.0 Å². The van der Waals surface area contributed by atoms with Crippen LogP contribution in [0.3, 0.4) is 0 Å². The highest BCUT2D eigenvalue weighted by molar-refractivity contribution is 5.89. The Hall–Kier alpha value is -2.28. The van der Waals surface area contributed by atoms with Gasteiger partial charge in [0, 0.05) is 22.3 Å². The number of benzene rings is 2. The summed E-state index contributed by atoms with van der Waals surface area (Å²) in [6.07, 6.45) is 1.37. The van der Waals surface area contributed by atoms with E-state index >= 15 is 0 Å². The number of halogens is 4. The second-order valence-corrected chi connectivity index (χ2v) is 6.44. The molecular formula is C21H18F4. The lowest BCUT2D eigenvalue weighted by atomic mass is 9.82. The Morgan fingerprint density at radius 3 is 2.36 bits per heavy atom. The largest absolute Gasteiger partial charge is 0.419 e. The molecule has 0 atom stereocenters. The molecule has 0 aliphatic heterocycles. The summed E-state index contributed by atoms with van der Waals surface area (Å²) in [5.74, 6) is 5.84. The summed E-state index contributed by atoms with van der Waals surface area (Å²) in [6.45, 7) is 3.82. The number of alkyl halides is 3. The Morgan fingerprint density at radius 1 is 1.00 bits per heavy atom.